The first-order chi connectivity index (χ1) is 9.86. The lowest BCUT2D eigenvalue weighted by molar-refractivity contribution is -0.355. The average molecular weight is 295 g/mol. The van der Waals surface area contributed by atoms with Gasteiger partial charge >= 0.3 is 6.36 Å². The van der Waals surface area contributed by atoms with E-state index < -0.39 is 17.9 Å². The Morgan fingerprint density at radius 3 is 1.52 bits per heavy atom. The lowest BCUT2D eigenvalue weighted by atomic mass is 9.85. The summed E-state index contributed by atoms with van der Waals surface area (Å²) in [6, 6.07) is 14.7. The first kappa shape index (κ1) is 15.1. The van der Waals surface area contributed by atoms with Gasteiger partial charge in [0.05, 0.1) is 0 Å². The molecule has 0 aromatic heterocycles. The van der Waals surface area contributed by atoms with E-state index in [0.29, 0.717) is 0 Å². The Morgan fingerprint density at radius 2 is 1.24 bits per heavy atom. The van der Waals surface area contributed by atoms with Crippen molar-refractivity contribution in [2.75, 3.05) is 0 Å². The molecule has 0 saturated carbocycles. The number of carbonyl (C=O) groups excluding carboxylic acids is 1. The summed E-state index contributed by atoms with van der Waals surface area (Å²) in [6.45, 7) is 0. The Morgan fingerprint density at radius 1 is 0.857 bits per heavy atom. The highest BCUT2D eigenvalue weighted by Crippen LogP contribution is 2.39. The third kappa shape index (κ3) is 3.05. The van der Waals surface area contributed by atoms with Crippen molar-refractivity contribution in [2.45, 2.75) is 12.0 Å². The van der Waals surface area contributed by atoms with Gasteiger partial charge in [-0.1, -0.05) is 60.7 Å². The summed E-state index contributed by atoms with van der Waals surface area (Å²) < 4.78 is 42.7. The van der Waals surface area contributed by atoms with Crippen molar-refractivity contribution in [2.24, 2.45) is 5.73 Å². The Kier molecular flexibility index (Phi) is 3.99. The van der Waals surface area contributed by atoms with Gasteiger partial charge in [-0.2, -0.15) is 0 Å². The molecule has 0 saturated heterocycles. The van der Waals surface area contributed by atoms with E-state index in [-0.39, 0.29) is 11.1 Å². The summed E-state index contributed by atoms with van der Waals surface area (Å²) in [4.78, 5) is 11.9. The number of hydrogen-bond donors (Lipinski definition) is 1. The SMILES string of the molecule is NC(=O)C(OC(F)(F)F)(c1ccccc1)c1ccccc1. The Labute approximate surface area is 119 Å². The largest absolute Gasteiger partial charge is 0.524 e. The number of amides is 1. The fourth-order valence-corrected chi connectivity index (χ4v) is 2.14. The summed E-state index contributed by atoms with van der Waals surface area (Å²) in [5.74, 6) is -1.24. The number of benzene rings is 2. The van der Waals surface area contributed by atoms with Crippen LogP contribution in [0.2, 0.25) is 0 Å². The summed E-state index contributed by atoms with van der Waals surface area (Å²) in [7, 11) is 0. The first-order valence-corrected chi connectivity index (χ1v) is 6.04. The Bertz CT molecular complexity index is 572. The van der Waals surface area contributed by atoms with Crippen LogP contribution in [0.3, 0.4) is 0 Å². The highest BCUT2D eigenvalue weighted by molar-refractivity contribution is 5.89. The van der Waals surface area contributed by atoms with Crippen LogP contribution in [-0.2, 0) is 15.1 Å². The number of primary amides is 1. The molecule has 2 rings (SSSR count). The third-order valence-corrected chi connectivity index (χ3v) is 2.98. The molecule has 2 aromatic carbocycles. The number of alkyl halides is 3. The molecule has 3 nitrogen and oxygen atoms in total. The molecule has 0 aliphatic carbocycles. The predicted molar refractivity (Wildman–Crippen MR) is 70.0 cm³/mol. The molecular weight excluding hydrogens is 283 g/mol. The minimum Gasteiger partial charge on any atom is -0.367 e. The standard InChI is InChI=1S/C15H12F3NO2/c16-15(17,18)21-14(13(19)20,11-7-3-1-4-8-11)12-9-5-2-6-10-12/h1-10H,(H2,19,20). The first-order valence-electron chi connectivity index (χ1n) is 6.04. The molecule has 0 aliphatic rings. The Balaban J connectivity index is 2.70. The van der Waals surface area contributed by atoms with Crippen LogP contribution in [0.1, 0.15) is 11.1 Å². The smallest absolute Gasteiger partial charge is 0.367 e. The second-order valence-corrected chi connectivity index (χ2v) is 4.33. The lowest BCUT2D eigenvalue weighted by Crippen LogP contribution is -2.47. The molecule has 0 spiro atoms. The van der Waals surface area contributed by atoms with E-state index in [9.17, 15) is 18.0 Å². The van der Waals surface area contributed by atoms with E-state index >= 15 is 0 Å². The van der Waals surface area contributed by atoms with Crippen molar-refractivity contribution in [3.63, 3.8) is 0 Å². The highest BCUT2D eigenvalue weighted by Gasteiger charge is 2.50. The highest BCUT2D eigenvalue weighted by atomic mass is 19.4. The summed E-state index contributed by atoms with van der Waals surface area (Å²) in [6.07, 6.45) is -5.03. The summed E-state index contributed by atoms with van der Waals surface area (Å²) in [5, 5.41) is 0. The van der Waals surface area contributed by atoms with Crippen LogP contribution in [0.5, 0.6) is 0 Å². The van der Waals surface area contributed by atoms with E-state index in [0.717, 1.165) is 0 Å². The molecule has 2 aromatic rings. The van der Waals surface area contributed by atoms with E-state index in [2.05, 4.69) is 4.74 Å². The number of nitrogens with two attached hydrogens (primary N) is 1. The van der Waals surface area contributed by atoms with Gasteiger partial charge in [-0.05, 0) is 11.1 Å². The molecule has 0 heterocycles. The third-order valence-electron chi connectivity index (χ3n) is 2.98. The molecule has 110 valence electrons. The number of rotatable bonds is 4. The van der Waals surface area contributed by atoms with Crippen molar-refractivity contribution in [3.8, 4) is 0 Å². The molecule has 0 bridgehead atoms. The molecule has 0 aliphatic heterocycles. The van der Waals surface area contributed by atoms with Crippen LogP contribution < -0.4 is 5.73 Å². The quantitative estimate of drug-likeness (QED) is 0.942. The number of halogens is 3. The zero-order chi connectivity index (χ0) is 15.5. The second kappa shape index (κ2) is 5.57. The van der Waals surface area contributed by atoms with Crippen molar-refractivity contribution < 1.29 is 22.7 Å². The summed E-state index contributed by atoms with van der Waals surface area (Å²) >= 11 is 0. The molecule has 0 fully saturated rings. The maximum Gasteiger partial charge on any atom is 0.524 e. The number of carbonyl (C=O) groups is 1. The zero-order valence-corrected chi connectivity index (χ0v) is 10.8. The van der Waals surface area contributed by atoms with Crippen LogP contribution in [0, 0.1) is 0 Å². The second-order valence-electron chi connectivity index (χ2n) is 4.33. The maximum absolute atomic E-state index is 12.9. The van der Waals surface area contributed by atoms with Gasteiger partial charge in [0.25, 0.3) is 5.91 Å². The summed E-state index contributed by atoms with van der Waals surface area (Å²) in [5.41, 5.74) is 2.89. The minimum absolute atomic E-state index is 0.0148. The van der Waals surface area contributed by atoms with Crippen LogP contribution in [0.15, 0.2) is 60.7 Å². The van der Waals surface area contributed by atoms with Gasteiger partial charge < -0.3 is 5.73 Å². The fourth-order valence-electron chi connectivity index (χ4n) is 2.14. The molecule has 2 N–H and O–H groups in total. The van der Waals surface area contributed by atoms with Crippen LogP contribution in [0.25, 0.3) is 0 Å². The van der Waals surface area contributed by atoms with E-state index in [1.165, 1.54) is 48.5 Å². The van der Waals surface area contributed by atoms with Gasteiger partial charge in [0, 0.05) is 0 Å². The lowest BCUT2D eigenvalue weighted by Gasteiger charge is -2.32. The normalized spacial score (nSPS) is 12.1. The maximum atomic E-state index is 12.9. The van der Waals surface area contributed by atoms with Crippen LogP contribution >= 0.6 is 0 Å². The van der Waals surface area contributed by atoms with Gasteiger partial charge in [0.1, 0.15) is 0 Å². The van der Waals surface area contributed by atoms with Gasteiger partial charge in [-0.15, -0.1) is 13.2 Å². The predicted octanol–water partition coefficient (Wildman–Crippen LogP) is 2.95. The fraction of sp³-hybridized carbons (Fsp3) is 0.133. The molecule has 21 heavy (non-hydrogen) atoms. The number of hydrogen-bond acceptors (Lipinski definition) is 2. The van der Waals surface area contributed by atoms with Gasteiger partial charge in [0.15, 0.2) is 0 Å². The van der Waals surface area contributed by atoms with Crippen LogP contribution in [-0.4, -0.2) is 12.3 Å². The van der Waals surface area contributed by atoms with Crippen molar-refractivity contribution >= 4 is 5.91 Å². The minimum atomic E-state index is -5.03. The zero-order valence-electron chi connectivity index (χ0n) is 10.8. The Hall–Kier alpha value is -2.34. The molecule has 1 amide bonds. The monoisotopic (exact) mass is 295 g/mol. The average Bonchev–Trinajstić information content (AvgIpc) is 2.45. The number of ether oxygens (including phenoxy) is 1. The topological polar surface area (TPSA) is 52.3 Å². The van der Waals surface area contributed by atoms with Crippen molar-refractivity contribution in [3.05, 3.63) is 71.8 Å². The van der Waals surface area contributed by atoms with Crippen LogP contribution in [0.4, 0.5) is 13.2 Å². The van der Waals surface area contributed by atoms with E-state index in [1.54, 1.807) is 12.1 Å². The van der Waals surface area contributed by atoms with E-state index in [4.69, 9.17) is 5.73 Å². The molecular formula is C15H12F3NO2. The molecule has 0 radical (unpaired) electrons. The molecule has 0 atom stereocenters. The van der Waals surface area contributed by atoms with Crippen molar-refractivity contribution in [1.29, 1.82) is 0 Å². The molecule has 0 unspecified atom stereocenters. The van der Waals surface area contributed by atoms with Gasteiger partial charge in [0.2, 0.25) is 5.60 Å². The van der Waals surface area contributed by atoms with Crippen molar-refractivity contribution in [1.82, 2.24) is 0 Å². The molecule has 6 heteroatoms. The van der Waals surface area contributed by atoms with Gasteiger partial charge in [-0.25, -0.2) is 0 Å². The van der Waals surface area contributed by atoms with E-state index in [1.807, 2.05) is 0 Å². The van der Waals surface area contributed by atoms with Gasteiger partial charge in [-0.3, -0.25) is 9.53 Å².